The van der Waals surface area contributed by atoms with Gasteiger partial charge in [-0.25, -0.2) is 4.57 Å². The average molecular weight is 433 g/mol. The zero-order valence-corrected chi connectivity index (χ0v) is 19.4. The van der Waals surface area contributed by atoms with Crippen molar-refractivity contribution in [2.75, 3.05) is 6.61 Å². The zero-order chi connectivity index (χ0) is 21.5. The summed E-state index contributed by atoms with van der Waals surface area (Å²) in [5.74, 6) is 0.943. The molecule has 0 fully saturated rings. The van der Waals surface area contributed by atoms with E-state index in [1.54, 1.807) is 24.3 Å². The van der Waals surface area contributed by atoms with Crippen molar-refractivity contribution in [3.05, 3.63) is 60.2 Å². The molecule has 0 aromatic heterocycles. The quantitative estimate of drug-likeness (QED) is 0.197. The van der Waals surface area contributed by atoms with E-state index in [4.69, 9.17) is 13.6 Å². The minimum absolute atomic E-state index is 0.354. The molecule has 30 heavy (non-hydrogen) atoms. The molecule has 2 aromatic carbocycles. The van der Waals surface area contributed by atoms with Gasteiger partial charge in [-0.3, -0.25) is 4.52 Å². The lowest BCUT2D eigenvalue weighted by atomic mass is 10.1. The lowest BCUT2D eigenvalue weighted by molar-refractivity contribution is 0.205. The van der Waals surface area contributed by atoms with Gasteiger partial charge in [-0.15, -0.1) is 0 Å². The van der Waals surface area contributed by atoms with E-state index in [1.807, 2.05) is 37.3 Å². The van der Waals surface area contributed by atoms with Gasteiger partial charge in [0.1, 0.15) is 11.5 Å². The zero-order valence-electron chi connectivity index (χ0n) is 18.6. The van der Waals surface area contributed by atoms with Crippen LogP contribution >= 0.6 is 7.82 Å². The van der Waals surface area contributed by atoms with Crippen LogP contribution in [0.5, 0.6) is 11.5 Å². The number of phosphoric acid groups is 1. The molecular weight excluding hydrogens is 395 g/mol. The largest absolute Gasteiger partial charge is 0.587 e. The predicted molar refractivity (Wildman–Crippen MR) is 124 cm³/mol. The van der Waals surface area contributed by atoms with Crippen LogP contribution in [0.25, 0.3) is 0 Å². The van der Waals surface area contributed by atoms with E-state index in [1.165, 1.54) is 51.4 Å². The van der Waals surface area contributed by atoms with Gasteiger partial charge in [0.25, 0.3) is 0 Å². The highest BCUT2D eigenvalue weighted by Crippen LogP contribution is 2.49. The number of aryl methyl sites for hydroxylation is 1. The number of phosphoric ester groups is 1. The summed E-state index contributed by atoms with van der Waals surface area (Å²) in [6.45, 7) is 4.59. The summed E-state index contributed by atoms with van der Waals surface area (Å²) in [5, 5.41) is 0. The van der Waals surface area contributed by atoms with Crippen molar-refractivity contribution >= 4 is 7.82 Å². The fourth-order valence-corrected chi connectivity index (χ4v) is 4.43. The van der Waals surface area contributed by atoms with Gasteiger partial charge in [-0.2, -0.15) is 0 Å². The van der Waals surface area contributed by atoms with Gasteiger partial charge in [-0.1, -0.05) is 101 Å². The molecule has 5 heteroatoms. The van der Waals surface area contributed by atoms with Gasteiger partial charge < -0.3 is 9.05 Å². The standard InChI is InChI=1S/C25H37O4P/c1-3-4-5-6-7-8-9-10-11-15-22-27-30(26,28-24-16-13-12-14-17-24)29-25-20-18-23(2)19-21-25/h12-14,16-21H,3-11,15,22H2,1-2H3. The molecule has 1 unspecified atom stereocenters. The predicted octanol–water partition coefficient (Wildman–Crippen LogP) is 8.50. The van der Waals surface area contributed by atoms with Gasteiger partial charge >= 0.3 is 7.82 Å². The Hall–Kier alpha value is -1.77. The molecule has 0 saturated carbocycles. The van der Waals surface area contributed by atoms with Crippen LogP contribution in [0.2, 0.25) is 0 Å². The second kappa shape index (κ2) is 14.3. The smallest absolute Gasteiger partial charge is 0.395 e. The molecule has 2 aromatic rings. The maximum atomic E-state index is 13.2. The summed E-state index contributed by atoms with van der Waals surface area (Å²) in [4.78, 5) is 0. The van der Waals surface area contributed by atoms with E-state index in [0.29, 0.717) is 18.1 Å². The van der Waals surface area contributed by atoms with Crippen LogP contribution in [0.1, 0.15) is 76.7 Å². The molecule has 0 heterocycles. The van der Waals surface area contributed by atoms with Gasteiger partial charge in [0.2, 0.25) is 0 Å². The number of para-hydroxylation sites is 1. The first kappa shape index (κ1) is 24.5. The van der Waals surface area contributed by atoms with E-state index in [9.17, 15) is 4.57 Å². The Bertz CT molecular complexity index is 731. The third kappa shape index (κ3) is 10.3. The van der Waals surface area contributed by atoms with Crippen LogP contribution in [0, 0.1) is 6.92 Å². The molecule has 0 bridgehead atoms. The Morgan fingerprint density at radius 2 is 1.17 bits per heavy atom. The molecule has 2 rings (SSSR count). The van der Waals surface area contributed by atoms with E-state index < -0.39 is 7.82 Å². The fourth-order valence-electron chi connectivity index (χ4n) is 3.18. The molecule has 0 aliphatic carbocycles. The van der Waals surface area contributed by atoms with Crippen LogP contribution < -0.4 is 9.05 Å². The molecule has 0 amide bonds. The highest BCUT2D eigenvalue weighted by Gasteiger charge is 2.30. The molecule has 0 spiro atoms. The Morgan fingerprint density at radius 3 is 1.73 bits per heavy atom. The minimum Gasteiger partial charge on any atom is -0.395 e. The molecule has 166 valence electrons. The van der Waals surface area contributed by atoms with Crippen LogP contribution in [0.15, 0.2) is 54.6 Å². The molecule has 0 radical (unpaired) electrons. The summed E-state index contributed by atoms with van der Waals surface area (Å²) < 4.78 is 30.2. The maximum absolute atomic E-state index is 13.2. The van der Waals surface area contributed by atoms with Crippen molar-refractivity contribution in [2.45, 2.75) is 78.1 Å². The van der Waals surface area contributed by atoms with Crippen molar-refractivity contribution in [3.63, 3.8) is 0 Å². The minimum atomic E-state index is -3.76. The van der Waals surface area contributed by atoms with Crippen molar-refractivity contribution in [3.8, 4) is 11.5 Å². The van der Waals surface area contributed by atoms with E-state index in [0.717, 1.165) is 18.4 Å². The first-order chi connectivity index (χ1) is 14.6. The lowest BCUT2D eigenvalue weighted by Crippen LogP contribution is -2.06. The van der Waals surface area contributed by atoms with Crippen molar-refractivity contribution in [2.24, 2.45) is 0 Å². The van der Waals surface area contributed by atoms with E-state index >= 15 is 0 Å². The summed E-state index contributed by atoms with van der Waals surface area (Å²) in [6, 6.07) is 16.4. The molecule has 1 atom stereocenters. The summed E-state index contributed by atoms with van der Waals surface area (Å²) >= 11 is 0. The third-order valence-corrected chi connectivity index (χ3v) is 6.31. The van der Waals surface area contributed by atoms with Gasteiger partial charge in [-0.05, 0) is 37.6 Å². The summed E-state index contributed by atoms with van der Waals surface area (Å²) in [7, 11) is -3.76. The first-order valence-corrected chi connectivity index (χ1v) is 12.8. The second-order valence-electron chi connectivity index (χ2n) is 7.77. The van der Waals surface area contributed by atoms with Crippen LogP contribution in [-0.2, 0) is 9.09 Å². The lowest BCUT2D eigenvalue weighted by Gasteiger charge is -2.19. The molecular formula is C25H37O4P. The van der Waals surface area contributed by atoms with E-state index in [-0.39, 0.29) is 0 Å². The highest BCUT2D eigenvalue weighted by atomic mass is 31.2. The van der Waals surface area contributed by atoms with Crippen LogP contribution in [-0.4, -0.2) is 6.61 Å². The maximum Gasteiger partial charge on any atom is 0.587 e. The second-order valence-corrected chi connectivity index (χ2v) is 9.29. The van der Waals surface area contributed by atoms with Crippen molar-refractivity contribution in [1.29, 1.82) is 0 Å². The van der Waals surface area contributed by atoms with Crippen LogP contribution in [0.4, 0.5) is 0 Å². The highest BCUT2D eigenvalue weighted by molar-refractivity contribution is 7.49. The third-order valence-electron chi connectivity index (χ3n) is 4.95. The SMILES string of the molecule is CCCCCCCCCCCCOP(=O)(Oc1ccccc1)Oc1ccc(C)cc1. The summed E-state index contributed by atoms with van der Waals surface area (Å²) in [5.41, 5.74) is 1.10. The van der Waals surface area contributed by atoms with Gasteiger partial charge in [0.15, 0.2) is 0 Å². The average Bonchev–Trinajstić information content (AvgIpc) is 2.74. The fraction of sp³-hybridized carbons (Fsp3) is 0.520. The molecule has 0 N–H and O–H groups in total. The number of unbranched alkanes of at least 4 members (excludes halogenated alkanes) is 9. The van der Waals surface area contributed by atoms with Gasteiger partial charge in [0, 0.05) is 0 Å². The molecule has 0 saturated heterocycles. The number of benzene rings is 2. The Kier molecular flexibility index (Phi) is 11.7. The monoisotopic (exact) mass is 432 g/mol. The molecule has 0 aliphatic heterocycles. The van der Waals surface area contributed by atoms with Crippen molar-refractivity contribution in [1.82, 2.24) is 0 Å². The topological polar surface area (TPSA) is 44.8 Å². The normalized spacial score (nSPS) is 13.0. The Labute approximate surface area is 182 Å². The number of hydrogen-bond acceptors (Lipinski definition) is 4. The Morgan fingerprint density at radius 1 is 0.667 bits per heavy atom. The number of rotatable bonds is 16. The summed E-state index contributed by atoms with van der Waals surface area (Å²) in [6.07, 6.45) is 12.3. The molecule has 0 aliphatic rings. The Balaban J connectivity index is 1.75. The number of hydrogen-bond donors (Lipinski definition) is 0. The van der Waals surface area contributed by atoms with Crippen LogP contribution in [0.3, 0.4) is 0 Å². The first-order valence-electron chi connectivity index (χ1n) is 11.4. The van der Waals surface area contributed by atoms with Crippen molar-refractivity contribution < 1.29 is 18.1 Å². The van der Waals surface area contributed by atoms with Gasteiger partial charge in [0.05, 0.1) is 6.61 Å². The van der Waals surface area contributed by atoms with E-state index in [2.05, 4.69) is 6.92 Å². The molecule has 4 nitrogen and oxygen atoms in total.